The van der Waals surface area contributed by atoms with E-state index in [0.717, 1.165) is 32.5 Å². The zero-order valence-corrected chi connectivity index (χ0v) is 14.7. The van der Waals surface area contributed by atoms with Crippen molar-refractivity contribution in [3.63, 3.8) is 0 Å². The summed E-state index contributed by atoms with van der Waals surface area (Å²) in [6, 6.07) is 6.50. The second kappa shape index (κ2) is 7.68. The number of benzene rings is 1. The molecule has 0 bridgehead atoms. The molecular weight excluding hydrogens is 290 g/mol. The van der Waals surface area contributed by atoms with Gasteiger partial charge in [0.05, 0.1) is 0 Å². The van der Waals surface area contributed by atoms with Crippen molar-refractivity contribution in [2.24, 2.45) is 0 Å². The lowest BCUT2D eigenvalue weighted by atomic mass is 10.1. The lowest BCUT2D eigenvalue weighted by Crippen LogP contribution is -2.43. The van der Waals surface area contributed by atoms with Crippen molar-refractivity contribution >= 4 is 11.8 Å². The number of carbonyl (C=O) groups is 1. The Hall–Kier alpha value is -1.75. The standard InChI is InChI=1S/C18H29N3O2/c1-5-15(21-17(22)23-18(2,3)4)12-19-11-14-8-6-7-13-9-10-20-16(13)14/h6-8,15,19-20H,5,9-12H2,1-4H3,(H,21,22). The first kappa shape index (κ1) is 17.6. The van der Waals surface area contributed by atoms with Gasteiger partial charge in [-0.1, -0.05) is 25.1 Å². The van der Waals surface area contributed by atoms with Crippen LogP contribution in [0.25, 0.3) is 0 Å². The van der Waals surface area contributed by atoms with Crippen LogP contribution in [-0.2, 0) is 17.7 Å². The van der Waals surface area contributed by atoms with Crippen LogP contribution < -0.4 is 16.0 Å². The first-order chi connectivity index (χ1) is 10.9. The summed E-state index contributed by atoms with van der Waals surface area (Å²) in [5.41, 5.74) is 3.48. The van der Waals surface area contributed by atoms with Gasteiger partial charge in [0.25, 0.3) is 0 Å². The molecule has 0 aromatic heterocycles. The number of hydrogen-bond donors (Lipinski definition) is 3. The maximum Gasteiger partial charge on any atom is 0.407 e. The van der Waals surface area contributed by atoms with Crippen LogP contribution in [0.15, 0.2) is 18.2 Å². The lowest BCUT2D eigenvalue weighted by Gasteiger charge is -2.23. The van der Waals surface area contributed by atoms with E-state index in [0.29, 0.717) is 0 Å². The summed E-state index contributed by atoms with van der Waals surface area (Å²) < 4.78 is 5.31. The van der Waals surface area contributed by atoms with E-state index in [9.17, 15) is 4.79 Å². The Bertz CT molecular complexity index is 538. The quantitative estimate of drug-likeness (QED) is 0.754. The highest BCUT2D eigenvalue weighted by Gasteiger charge is 2.19. The van der Waals surface area contributed by atoms with E-state index in [2.05, 4.69) is 41.1 Å². The summed E-state index contributed by atoms with van der Waals surface area (Å²) in [4.78, 5) is 11.8. The molecule has 23 heavy (non-hydrogen) atoms. The third-order valence-electron chi connectivity index (χ3n) is 3.85. The molecule has 0 radical (unpaired) electrons. The Morgan fingerprint density at radius 2 is 2.17 bits per heavy atom. The number of amides is 1. The highest BCUT2D eigenvalue weighted by molar-refractivity contribution is 5.68. The molecule has 3 N–H and O–H groups in total. The van der Waals surface area contributed by atoms with Crippen LogP contribution in [0, 0.1) is 0 Å². The Labute approximate surface area is 139 Å². The van der Waals surface area contributed by atoms with Crippen LogP contribution in [0.5, 0.6) is 0 Å². The van der Waals surface area contributed by atoms with Crippen molar-refractivity contribution in [2.75, 3.05) is 18.4 Å². The van der Waals surface area contributed by atoms with E-state index in [1.807, 2.05) is 20.8 Å². The Kier molecular flexibility index (Phi) is 5.88. The van der Waals surface area contributed by atoms with Crippen molar-refractivity contribution in [1.82, 2.24) is 10.6 Å². The summed E-state index contributed by atoms with van der Waals surface area (Å²) in [6.45, 7) is 10.2. The molecule has 1 aromatic carbocycles. The highest BCUT2D eigenvalue weighted by atomic mass is 16.6. The second-order valence-electron chi connectivity index (χ2n) is 7.01. The number of fused-ring (bicyclic) bond motifs is 1. The van der Waals surface area contributed by atoms with Crippen LogP contribution in [0.2, 0.25) is 0 Å². The molecule has 1 aliphatic rings. The summed E-state index contributed by atoms with van der Waals surface area (Å²) in [6.07, 6.45) is 1.60. The van der Waals surface area contributed by atoms with Gasteiger partial charge in [-0.2, -0.15) is 0 Å². The van der Waals surface area contributed by atoms with Crippen molar-refractivity contribution < 1.29 is 9.53 Å². The summed E-state index contributed by atoms with van der Waals surface area (Å²) >= 11 is 0. The predicted molar refractivity (Wildman–Crippen MR) is 93.8 cm³/mol. The number of rotatable bonds is 6. The SMILES string of the molecule is CCC(CNCc1cccc2c1NCC2)NC(=O)OC(C)(C)C. The fourth-order valence-electron chi connectivity index (χ4n) is 2.71. The number of carbonyl (C=O) groups excluding carboxylic acids is 1. The van der Waals surface area contributed by atoms with Gasteiger partial charge in [0.1, 0.15) is 5.60 Å². The van der Waals surface area contributed by atoms with E-state index in [-0.39, 0.29) is 12.1 Å². The van der Waals surface area contributed by atoms with Gasteiger partial charge in [-0.05, 0) is 44.7 Å². The average Bonchev–Trinajstić information content (AvgIpc) is 2.93. The largest absolute Gasteiger partial charge is 0.444 e. The van der Waals surface area contributed by atoms with E-state index in [4.69, 9.17) is 4.74 Å². The number of ether oxygens (including phenoxy) is 1. The third-order valence-corrected chi connectivity index (χ3v) is 3.85. The molecule has 1 heterocycles. The molecule has 1 aliphatic heterocycles. The first-order valence-electron chi connectivity index (χ1n) is 8.44. The Morgan fingerprint density at radius 3 is 2.87 bits per heavy atom. The summed E-state index contributed by atoms with van der Waals surface area (Å²) in [5.74, 6) is 0. The highest BCUT2D eigenvalue weighted by Crippen LogP contribution is 2.26. The minimum absolute atomic E-state index is 0.0644. The summed E-state index contributed by atoms with van der Waals surface area (Å²) in [7, 11) is 0. The van der Waals surface area contributed by atoms with Crippen LogP contribution in [-0.4, -0.2) is 30.8 Å². The van der Waals surface area contributed by atoms with Gasteiger partial charge in [0.2, 0.25) is 0 Å². The molecule has 0 saturated heterocycles. The van der Waals surface area contributed by atoms with Gasteiger partial charge >= 0.3 is 6.09 Å². The smallest absolute Gasteiger partial charge is 0.407 e. The van der Waals surface area contributed by atoms with Gasteiger partial charge in [0, 0.05) is 31.4 Å². The molecule has 1 atom stereocenters. The van der Waals surface area contributed by atoms with Gasteiger partial charge in [-0.25, -0.2) is 4.79 Å². The van der Waals surface area contributed by atoms with Gasteiger partial charge < -0.3 is 20.7 Å². The van der Waals surface area contributed by atoms with Crippen molar-refractivity contribution in [3.8, 4) is 0 Å². The number of hydrogen-bond acceptors (Lipinski definition) is 4. The maximum atomic E-state index is 11.8. The van der Waals surface area contributed by atoms with Crippen LogP contribution >= 0.6 is 0 Å². The topological polar surface area (TPSA) is 62.4 Å². The fourth-order valence-corrected chi connectivity index (χ4v) is 2.71. The molecule has 0 spiro atoms. The Balaban J connectivity index is 1.80. The van der Waals surface area contributed by atoms with Crippen molar-refractivity contribution in [2.45, 2.75) is 58.7 Å². The zero-order chi connectivity index (χ0) is 16.9. The van der Waals surface area contributed by atoms with E-state index in [1.54, 1.807) is 0 Å². The number of alkyl carbamates (subject to hydrolysis) is 1. The van der Waals surface area contributed by atoms with Gasteiger partial charge in [-0.3, -0.25) is 0 Å². The second-order valence-corrected chi connectivity index (χ2v) is 7.01. The summed E-state index contributed by atoms with van der Waals surface area (Å²) in [5, 5.41) is 9.81. The van der Waals surface area contributed by atoms with Gasteiger partial charge in [-0.15, -0.1) is 0 Å². The molecule has 1 unspecified atom stereocenters. The van der Waals surface area contributed by atoms with Crippen molar-refractivity contribution in [1.29, 1.82) is 0 Å². The average molecular weight is 319 g/mol. The molecule has 0 saturated carbocycles. The molecule has 128 valence electrons. The fraction of sp³-hybridized carbons (Fsp3) is 0.611. The predicted octanol–water partition coefficient (Wildman–Crippen LogP) is 3.05. The minimum atomic E-state index is -0.466. The maximum absolute atomic E-state index is 11.8. The van der Waals surface area contributed by atoms with Gasteiger partial charge in [0.15, 0.2) is 0 Å². The van der Waals surface area contributed by atoms with E-state index < -0.39 is 5.60 Å². The van der Waals surface area contributed by atoms with Crippen molar-refractivity contribution in [3.05, 3.63) is 29.3 Å². The first-order valence-corrected chi connectivity index (χ1v) is 8.44. The minimum Gasteiger partial charge on any atom is -0.444 e. The molecule has 2 rings (SSSR count). The molecule has 0 aliphatic carbocycles. The normalized spacial score (nSPS) is 14.8. The molecule has 1 amide bonds. The molecular formula is C18H29N3O2. The lowest BCUT2D eigenvalue weighted by molar-refractivity contribution is 0.0502. The monoisotopic (exact) mass is 319 g/mol. The molecule has 0 fully saturated rings. The van der Waals surface area contributed by atoms with E-state index >= 15 is 0 Å². The molecule has 5 nitrogen and oxygen atoms in total. The number of nitrogens with one attached hydrogen (secondary N) is 3. The molecule has 1 aromatic rings. The van der Waals surface area contributed by atoms with Crippen LogP contribution in [0.3, 0.4) is 0 Å². The third kappa shape index (κ3) is 5.43. The Morgan fingerprint density at radius 1 is 1.39 bits per heavy atom. The molecule has 5 heteroatoms. The van der Waals surface area contributed by atoms with Crippen LogP contribution in [0.4, 0.5) is 10.5 Å². The number of anilines is 1. The number of para-hydroxylation sites is 1. The van der Waals surface area contributed by atoms with Crippen LogP contribution in [0.1, 0.15) is 45.2 Å². The zero-order valence-electron chi connectivity index (χ0n) is 14.7. The van der Waals surface area contributed by atoms with E-state index in [1.165, 1.54) is 16.8 Å².